The van der Waals surface area contributed by atoms with Gasteiger partial charge >= 0.3 is 6.18 Å². The lowest BCUT2D eigenvalue weighted by Crippen LogP contribution is -2.47. The van der Waals surface area contributed by atoms with E-state index in [1.165, 1.54) is 17.0 Å². The molecule has 12 heteroatoms. The van der Waals surface area contributed by atoms with E-state index >= 15 is 0 Å². The lowest BCUT2D eigenvalue weighted by molar-refractivity contribution is -0.143. The number of rotatable bonds is 7. The summed E-state index contributed by atoms with van der Waals surface area (Å²) in [6, 6.07) is 7.88. The van der Waals surface area contributed by atoms with Gasteiger partial charge in [-0.15, -0.1) is 24.0 Å². The summed E-state index contributed by atoms with van der Waals surface area (Å²) in [5.74, 6) is 0.424. The molecular formula is C16H25F3IN5O2S. The number of nitrogens with zero attached hydrogens (tertiary/aromatic N) is 2. The van der Waals surface area contributed by atoms with E-state index in [0.717, 1.165) is 0 Å². The number of sulfonamides is 1. The lowest BCUT2D eigenvalue weighted by Gasteiger charge is -2.19. The maximum atomic E-state index is 12.4. The molecule has 1 aromatic rings. The number of halogens is 4. The second kappa shape index (κ2) is 11.2. The van der Waals surface area contributed by atoms with E-state index in [9.17, 15) is 21.6 Å². The van der Waals surface area contributed by atoms with Gasteiger partial charge in [0.1, 0.15) is 0 Å². The molecule has 0 amide bonds. The van der Waals surface area contributed by atoms with Crippen molar-refractivity contribution in [3.8, 4) is 0 Å². The Morgan fingerprint density at radius 3 is 2.54 bits per heavy atom. The van der Waals surface area contributed by atoms with Crippen LogP contribution in [0.1, 0.15) is 6.42 Å². The first kappa shape index (κ1) is 24.9. The summed E-state index contributed by atoms with van der Waals surface area (Å²) in [6.45, 7) is 0.151. The molecule has 0 aliphatic carbocycles. The van der Waals surface area contributed by atoms with Crippen LogP contribution in [0.3, 0.4) is 0 Å². The highest BCUT2D eigenvalue weighted by atomic mass is 127. The summed E-state index contributed by atoms with van der Waals surface area (Å²) in [4.78, 5) is 5.55. The maximum absolute atomic E-state index is 12.4. The number of likely N-dealkylation sites (tertiary alicyclic amines) is 1. The minimum absolute atomic E-state index is 0. The van der Waals surface area contributed by atoms with Crippen molar-refractivity contribution in [3.05, 3.63) is 30.3 Å². The highest BCUT2D eigenvalue weighted by Crippen LogP contribution is 2.19. The second-order valence-electron chi connectivity index (χ2n) is 6.19. The summed E-state index contributed by atoms with van der Waals surface area (Å²) >= 11 is 0. The summed E-state index contributed by atoms with van der Waals surface area (Å²) in [7, 11) is -2.03. The van der Waals surface area contributed by atoms with E-state index in [1.807, 2.05) is 0 Å². The topological polar surface area (TPSA) is 85.8 Å². The van der Waals surface area contributed by atoms with Crippen LogP contribution in [0.4, 0.5) is 13.2 Å². The van der Waals surface area contributed by atoms with E-state index in [0.29, 0.717) is 18.9 Å². The Morgan fingerprint density at radius 1 is 1.25 bits per heavy atom. The van der Waals surface area contributed by atoms with Gasteiger partial charge in [0.25, 0.3) is 0 Å². The lowest BCUT2D eigenvalue weighted by atomic mass is 10.3. The molecule has 28 heavy (non-hydrogen) atoms. The Kier molecular flexibility index (Phi) is 9.94. The second-order valence-corrected chi connectivity index (χ2v) is 7.96. The molecule has 7 nitrogen and oxygen atoms in total. The van der Waals surface area contributed by atoms with Gasteiger partial charge in [0.05, 0.1) is 11.4 Å². The molecule has 1 heterocycles. The van der Waals surface area contributed by atoms with Crippen molar-refractivity contribution < 1.29 is 21.6 Å². The van der Waals surface area contributed by atoms with Crippen LogP contribution in [0.15, 0.2) is 40.2 Å². The molecule has 1 unspecified atom stereocenters. The quantitative estimate of drug-likeness (QED) is 0.213. The van der Waals surface area contributed by atoms with Crippen molar-refractivity contribution in [2.45, 2.75) is 23.5 Å². The van der Waals surface area contributed by atoms with E-state index in [1.54, 1.807) is 25.2 Å². The zero-order chi connectivity index (χ0) is 19.9. The van der Waals surface area contributed by atoms with Gasteiger partial charge in [0.15, 0.2) is 5.96 Å². The highest BCUT2D eigenvalue weighted by molar-refractivity contribution is 14.0. The van der Waals surface area contributed by atoms with Gasteiger partial charge in [-0.3, -0.25) is 9.89 Å². The van der Waals surface area contributed by atoms with Crippen LogP contribution in [0, 0.1) is 0 Å². The first-order valence-electron chi connectivity index (χ1n) is 8.50. The van der Waals surface area contributed by atoms with Crippen LogP contribution in [0.5, 0.6) is 0 Å². The monoisotopic (exact) mass is 535 g/mol. The predicted octanol–water partition coefficient (Wildman–Crippen LogP) is 1.38. The fourth-order valence-electron chi connectivity index (χ4n) is 2.78. The van der Waals surface area contributed by atoms with E-state index in [-0.39, 0.29) is 54.5 Å². The molecule has 1 saturated heterocycles. The molecule has 1 atom stereocenters. The third-order valence-corrected chi connectivity index (χ3v) is 5.48. The summed E-state index contributed by atoms with van der Waals surface area (Å²) in [5, 5.41) is 6.02. The van der Waals surface area contributed by atoms with Gasteiger partial charge in [-0.25, -0.2) is 13.1 Å². The van der Waals surface area contributed by atoms with Crippen LogP contribution in [-0.2, 0) is 10.0 Å². The van der Waals surface area contributed by atoms with Gasteiger partial charge in [0, 0.05) is 39.3 Å². The number of aliphatic imine (C=N–C) groups is 1. The molecule has 0 radical (unpaired) electrons. The third kappa shape index (κ3) is 8.49. The summed E-state index contributed by atoms with van der Waals surface area (Å²) in [5.41, 5.74) is 0. The predicted molar refractivity (Wildman–Crippen MR) is 112 cm³/mol. The molecule has 160 valence electrons. The van der Waals surface area contributed by atoms with Crippen molar-refractivity contribution in [3.63, 3.8) is 0 Å². The number of alkyl halides is 3. The van der Waals surface area contributed by atoms with Crippen molar-refractivity contribution in [1.29, 1.82) is 0 Å². The van der Waals surface area contributed by atoms with Crippen LogP contribution in [0.25, 0.3) is 0 Å². The first-order chi connectivity index (χ1) is 12.7. The van der Waals surface area contributed by atoms with Crippen molar-refractivity contribution in [1.82, 2.24) is 20.3 Å². The van der Waals surface area contributed by atoms with Crippen molar-refractivity contribution >= 4 is 40.0 Å². The van der Waals surface area contributed by atoms with Gasteiger partial charge < -0.3 is 10.6 Å². The minimum atomic E-state index is -4.20. The molecule has 0 aromatic heterocycles. The number of hydrogen-bond acceptors (Lipinski definition) is 4. The summed E-state index contributed by atoms with van der Waals surface area (Å²) in [6.07, 6.45) is -3.62. The molecule has 0 saturated carbocycles. The van der Waals surface area contributed by atoms with Gasteiger partial charge in [-0.1, -0.05) is 18.2 Å². The fraction of sp³-hybridized carbons (Fsp3) is 0.562. The Balaban J connectivity index is 0.00000392. The molecule has 1 aromatic carbocycles. The molecule has 2 rings (SSSR count). The van der Waals surface area contributed by atoms with Crippen LogP contribution in [0.2, 0.25) is 0 Å². The number of nitrogens with one attached hydrogen (secondary N) is 3. The van der Waals surface area contributed by atoms with Crippen molar-refractivity contribution in [2.75, 3.05) is 39.8 Å². The largest absolute Gasteiger partial charge is 0.401 e. The van der Waals surface area contributed by atoms with Crippen LogP contribution in [-0.4, -0.2) is 71.3 Å². The van der Waals surface area contributed by atoms with E-state index in [2.05, 4.69) is 20.3 Å². The first-order valence-corrected chi connectivity index (χ1v) is 9.99. The number of guanidine groups is 1. The Labute approximate surface area is 180 Å². The normalized spacial score (nSPS) is 18.6. The average molecular weight is 535 g/mol. The number of benzene rings is 1. The Hall–Kier alpha value is -1.12. The third-order valence-electron chi connectivity index (χ3n) is 4.00. The van der Waals surface area contributed by atoms with Gasteiger partial charge in [0.2, 0.25) is 10.0 Å². The van der Waals surface area contributed by atoms with Crippen LogP contribution >= 0.6 is 24.0 Å². The maximum Gasteiger partial charge on any atom is 0.401 e. The summed E-state index contributed by atoms with van der Waals surface area (Å²) < 4.78 is 64.0. The van der Waals surface area contributed by atoms with Gasteiger partial charge in [-0.2, -0.15) is 13.2 Å². The molecule has 1 aliphatic rings. The van der Waals surface area contributed by atoms with E-state index < -0.39 is 22.7 Å². The molecule has 1 aliphatic heterocycles. The zero-order valence-electron chi connectivity index (χ0n) is 15.4. The molecule has 0 spiro atoms. The molecule has 3 N–H and O–H groups in total. The number of hydrogen-bond donors (Lipinski definition) is 3. The zero-order valence-corrected chi connectivity index (χ0v) is 18.5. The van der Waals surface area contributed by atoms with Gasteiger partial charge in [-0.05, 0) is 18.6 Å². The van der Waals surface area contributed by atoms with E-state index in [4.69, 9.17) is 0 Å². The highest BCUT2D eigenvalue weighted by Gasteiger charge is 2.34. The molecular weight excluding hydrogens is 510 g/mol. The smallest absolute Gasteiger partial charge is 0.355 e. The standard InChI is InChI=1S/C16H24F3N5O2S.HI/c1-20-15(23-13-7-10-24(11-13)12-16(17,18)19)21-8-9-22-27(25,26)14-5-3-2-4-6-14;/h2-6,13,22H,7-12H2,1H3,(H2,20,21,23);1H. The van der Waals surface area contributed by atoms with Crippen molar-refractivity contribution in [2.24, 2.45) is 4.99 Å². The Morgan fingerprint density at radius 2 is 1.93 bits per heavy atom. The Bertz CT molecular complexity index is 732. The molecule has 0 bridgehead atoms. The SMILES string of the molecule is CN=C(NCCNS(=O)(=O)c1ccccc1)NC1CCN(CC(F)(F)F)C1.I. The minimum Gasteiger partial charge on any atom is -0.355 e. The van der Waals surface area contributed by atoms with Crippen LogP contribution < -0.4 is 15.4 Å². The fourth-order valence-corrected chi connectivity index (χ4v) is 3.84. The molecule has 1 fully saturated rings. The average Bonchev–Trinajstić information content (AvgIpc) is 3.03.